The minimum atomic E-state index is -0.508. The zero-order chi connectivity index (χ0) is 13.0. The molecule has 7 heteroatoms. The molecule has 0 spiro atoms. The fourth-order valence-corrected chi connectivity index (χ4v) is 1.62. The molecule has 0 saturated carbocycles. The summed E-state index contributed by atoms with van der Waals surface area (Å²) in [7, 11) is 0. The molecule has 0 bridgehead atoms. The molecular formula is C11H13N3O4. The number of H-pyrrole nitrogens is 1. The molecule has 96 valence electrons. The Labute approximate surface area is 103 Å². The number of amides is 1. The van der Waals surface area contributed by atoms with Gasteiger partial charge < -0.3 is 19.9 Å². The van der Waals surface area contributed by atoms with Crippen LogP contribution in [0.3, 0.4) is 0 Å². The van der Waals surface area contributed by atoms with Crippen molar-refractivity contribution in [2.75, 3.05) is 26.2 Å². The summed E-state index contributed by atoms with van der Waals surface area (Å²) in [5.74, 6) is 0.0362. The van der Waals surface area contributed by atoms with Crippen LogP contribution in [0, 0.1) is 0 Å². The van der Waals surface area contributed by atoms with Gasteiger partial charge in [0.05, 0.1) is 5.56 Å². The van der Waals surface area contributed by atoms with Crippen molar-refractivity contribution >= 4 is 12.4 Å². The molecule has 0 unspecified atom stereocenters. The Kier molecular flexibility index (Phi) is 3.73. The third kappa shape index (κ3) is 2.75. The summed E-state index contributed by atoms with van der Waals surface area (Å²) >= 11 is 0. The average Bonchev–Trinajstić information content (AvgIpc) is 2.40. The van der Waals surface area contributed by atoms with E-state index in [4.69, 9.17) is 4.74 Å². The van der Waals surface area contributed by atoms with Crippen LogP contribution in [0.5, 0.6) is 5.88 Å². The summed E-state index contributed by atoms with van der Waals surface area (Å²) in [6.07, 6.45) is 1.15. The van der Waals surface area contributed by atoms with E-state index in [2.05, 4.69) is 10.3 Å². The smallest absolute Gasteiger partial charge is 0.393 e. The Bertz CT molecular complexity index is 505. The van der Waals surface area contributed by atoms with E-state index >= 15 is 0 Å². The Morgan fingerprint density at radius 1 is 1.39 bits per heavy atom. The Morgan fingerprint density at radius 3 is 2.72 bits per heavy atom. The largest absolute Gasteiger partial charge is 0.416 e. The molecule has 1 aromatic heterocycles. The molecule has 1 aromatic rings. The molecule has 0 atom stereocenters. The molecule has 1 amide bonds. The summed E-state index contributed by atoms with van der Waals surface area (Å²) in [5, 5.41) is 3.11. The fraction of sp³-hybridized carbons (Fsp3) is 0.364. The third-order valence-electron chi connectivity index (χ3n) is 2.62. The molecule has 1 saturated heterocycles. The van der Waals surface area contributed by atoms with Crippen LogP contribution in [0.1, 0.15) is 10.4 Å². The normalized spacial score (nSPS) is 15.2. The van der Waals surface area contributed by atoms with Crippen LogP contribution in [-0.4, -0.2) is 48.4 Å². The number of aldehydes is 1. The van der Waals surface area contributed by atoms with Crippen LogP contribution < -0.4 is 15.5 Å². The number of rotatable bonds is 2. The third-order valence-corrected chi connectivity index (χ3v) is 2.62. The maximum Gasteiger partial charge on any atom is 0.416 e. The van der Waals surface area contributed by atoms with Gasteiger partial charge >= 0.3 is 6.09 Å². The van der Waals surface area contributed by atoms with Gasteiger partial charge in [0.15, 0.2) is 11.7 Å². The van der Waals surface area contributed by atoms with Gasteiger partial charge in [0.1, 0.15) is 0 Å². The lowest BCUT2D eigenvalue weighted by molar-refractivity contribution is 0.112. The Balaban J connectivity index is 2.04. The van der Waals surface area contributed by atoms with Gasteiger partial charge in [-0.05, 0) is 0 Å². The standard InChI is InChI=1S/C11H13N3O4/c15-7-8-6-13-10(5-9(8)16)18-11(17)14-3-1-12-2-4-14/h5-7,12H,1-4H2,(H,13,16). The first-order valence-corrected chi connectivity index (χ1v) is 5.56. The maximum atomic E-state index is 11.7. The molecule has 2 N–H and O–H groups in total. The van der Waals surface area contributed by atoms with E-state index in [1.807, 2.05) is 0 Å². The van der Waals surface area contributed by atoms with Crippen molar-refractivity contribution in [2.24, 2.45) is 0 Å². The van der Waals surface area contributed by atoms with Crippen molar-refractivity contribution in [3.05, 3.63) is 28.0 Å². The van der Waals surface area contributed by atoms with Crippen LogP contribution in [0.2, 0.25) is 0 Å². The van der Waals surface area contributed by atoms with E-state index in [-0.39, 0.29) is 11.4 Å². The van der Waals surface area contributed by atoms with Crippen molar-refractivity contribution in [3.8, 4) is 5.88 Å². The monoisotopic (exact) mass is 251 g/mol. The van der Waals surface area contributed by atoms with Crippen molar-refractivity contribution < 1.29 is 14.3 Å². The number of carbonyl (C=O) groups excluding carboxylic acids is 2. The second kappa shape index (κ2) is 5.46. The number of aromatic amines is 1. The van der Waals surface area contributed by atoms with Gasteiger partial charge in [-0.25, -0.2) is 4.79 Å². The lowest BCUT2D eigenvalue weighted by atomic mass is 10.3. The number of hydrogen-bond acceptors (Lipinski definition) is 5. The number of pyridine rings is 1. The van der Waals surface area contributed by atoms with Crippen molar-refractivity contribution in [3.63, 3.8) is 0 Å². The molecule has 1 fully saturated rings. The van der Waals surface area contributed by atoms with Crippen molar-refractivity contribution in [1.29, 1.82) is 0 Å². The van der Waals surface area contributed by atoms with Gasteiger partial charge in [0.2, 0.25) is 5.88 Å². The number of carbonyl (C=O) groups is 2. The molecule has 18 heavy (non-hydrogen) atoms. The molecule has 1 aliphatic heterocycles. The molecule has 2 rings (SSSR count). The molecule has 2 heterocycles. The molecular weight excluding hydrogens is 238 g/mol. The van der Waals surface area contributed by atoms with E-state index in [1.165, 1.54) is 6.20 Å². The number of nitrogens with one attached hydrogen (secondary N) is 2. The zero-order valence-electron chi connectivity index (χ0n) is 9.64. The lowest BCUT2D eigenvalue weighted by Crippen LogP contribution is -2.47. The SMILES string of the molecule is O=Cc1c[nH]c(OC(=O)N2CCNCC2)cc1=O. The summed E-state index contributed by atoms with van der Waals surface area (Å²) in [6.45, 7) is 2.57. The number of piperazine rings is 1. The molecule has 1 aliphatic rings. The highest BCUT2D eigenvalue weighted by molar-refractivity contribution is 5.74. The minimum Gasteiger partial charge on any atom is -0.393 e. The molecule has 0 aliphatic carbocycles. The lowest BCUT2D eigenvalue weighted by Gasteiger charge is -2.26. The highest BCUT2D eigenvalue weighted by Gasteiger charge is 2.18. The van der Waals surface area contributed by atoms with E-state index in [1.54, 1.807) is 4.90 Å². The van der Waals surface area contributed by atoms with E-state index in [9.17, 15) is 14.4 Å². The second-order valence-corrected chi connectivity index (χ2v) is 3.84. The molecule has 0 radical (unpaired) electrons. The summed E-state index contributed by atoms with van der Waals surface area (Å²) in [5.41, 5.74) is -0.483. The zero-order valence-corrected chi connectivity index (χ0v) is 9.64. The summed E-state index contributed by atoms with van der Waals surface area (Å²) in [4.78, 5) is 37.7. The number of ether oxygens (including phenoxy) is 1. The Morgan fingerprint density at radius 2 is 2.11 bits per heavy atom. The van der Waals surface area contributed by atoms with E-state index < -0.39 is 11.5 Å². The van der Waals surface area contributed by atoms with Crippen LogP contribution >= 0.6 is 0 Å². The predicted molar refractivity (Wildman–Crippen MR) is 62.9 cm³/mol. The number of nitrogens with zero attached hydrogens (tertiary/aromatic N) is 1. The predicted octanol–water partition coefficient (Wildman–Crippen LogP) is -0.409. The summed E-state index contributed by atoms with van der Waals surface area (Å²) < 4.78 is 5.02. The van der Waals surface area contributed by atoms with Crippen LogP contribution in [0.25, 0.3) is 0 Å². The van der Waals surface area contributed by atoms with E-state index in [0.29, 0.717) is 19.4 Å². The van der Waals surface area contributed by atoms with Gasteiger partial charge in [0.25, 0.3) is 0 Å². The fourth-order valence-electron chi connectivity index (χ4n) is 1.62. The highest BCUT2D eigenvalue weighted by atomic mass is 16.6. The van der Waals surface area contributed by atoms with Crippen molar-refractivity contribution in [2.45, 2.75) is 0 Å². The molecule has 0 aromatic carbocycles. The van der Waals surface area contributed by atoms with Crippen LogP contribution in [0.15, 0.2) is 17.1 Å². The van der Waals surface area contributed by atoms with Crippen LogP contribution in [0.4, 0.5) is 4.79 Å². The maximum absolute atomic E-state index is 11.7. The van der Waals surface area contributed by atoms with Gasteiger partial charge in [-0.15, -0.1) is 0 Å². The first kappa shape index (κ1) is 12.3. The summed E-state index contributed by atoms with van der Waals surface area (Å²) in [6, 6.07) is 1.09. The highest BCUT2D eigenvalue weighted by Crippen LogP contribution is 2.05. The van der Waals surface area contributed by atoms with Crippen molar-refractivity contribution in [1.82, 2.24) is 15.2 Å². The Hall–Kier alpha value is -2.15. The first-order chi connectivity index (χ1) is 8.70. The van der Waals surface area contributed by atoms with E-state index in [0.717, 1.165) is 19.2 Å². The van der Waals surface area contributed by atoms with Gasteiger partial charge in [-0.3, -0.25) is 9.59 Å². The second-order valence-electron chi connectivity index (χ2n) is 3.84. The van der Waals surface area contributed by atoms with Crippen LogP contribution in [-0.2, 0) is 0 Å². The number of hydrogen-bond donors (Lipinski definition) is 2. The van der Waals surface area contributed by atoms with Gasteiger partial charge in [0, 0.05) is 38.4 Å². The quantitative estimate of drug-likeness (QED) is 0.697. The van der Waals surface area contributed by atoms with Gasteiger partial charge in [-0.2, -0.15) is 0 Å². The first-order valence-electron chi connectivity index (χ1n) is 5.56. The average molecular weight is 251 g/mol. The van der Waals surface area contributed by atoms with Gasteiger partial charge in [-0.1, -0.05) is 0 Å². The topological polar surface area (TPSA) is 91.5 Å². The number of aromatic nitrogens is 1. The minimum absolute atomic E-state index is 0.00280. The molecule has 7 nitrogen and oxygen atoms in total.